The molecule has 0 aromatic heterocycles. The summed E-state index contributed by atoms with van der Waals surface area (Å²) in [4.78, 5) is 0. The van der Waals surface area contributed by atoms with Crippen molar-refractivity contribution < 1.29 is 70.6 Å². The number of hydrogen-bond donors (Lipinski definition) is 0. The highest BCUT2D eigenvalue weighted by molar-refractivity contribution is 9.10. The lowest BCUT2D eigenvalue weighted by atomic mass is 9.91. The molecular weight excluding hydrogens is 549 g/mol. The lowest BCUT2D eigenvalue weighted by Gasteiger charge is -2.41. The van der Waals surface area contributed by atoms with Crippen molar-refractivity contribution in [3.05, 3.63) is 28.7 Å². The van der Waals surface area contributed by atoms with Crippen LogP contribution in [0.3, 0.4) is 0 Å². The highest BCUT2D eigenvalue weighted by atomic mass is 79.9. The van der Waals surface area contributed by atoms with Crippen molar-refractivity contribution in [2.24, 2.45) is 0 Å². The molecule has 0 aliphatic rings. The van der Waals surface area contributed by atoms with E-state index in [0.29, 0.717) is 0 Å². The maximum Gasteiger partial charge on any atom is 0.460 e. The normalized spacial score (nSPS) is 15.2. The summed E-state index contributed by atoms with van der Waals surface area (Å²) < 4.78 is 199. The fraction of sp³-hybridized carbons (Fsp3) is 0.571. The Labute approximate surface area is 170 Å². The van der Waals surface area contributed by atoms with Gasteiger partial charge in [0.25, 0.3) is 0 Å². The van der Waals surface area contributed by atoms with Crippen LogP contribution in [0.25, 0.3) is 0 Å². The maximum atomic E-state index is 13.6. The van der Waals surface area contributed by atoms with E-state index in [9.17, 15) is 65.9 Å². The Morgan fingerprint density at radius 3 is 1.29 bits per heavy atom. The summed E-state index contributed by atoms with van der Waals surface area (Å²) >= 11 is 2.85. The molecule has 0 saturated carbocycles. The summed E-state index contributed by atoms with van der Waals surface area (Å²) in [6.45, 7) is -2.87. The lowest BCUT2D eigenvalue weighted by molar-refractivity contribution is -0.453. The molecule has 0 unspecified atom stereocenters. The summed E-state index contributed by atoms with van der Waals surface area (Å²) in [7, 11) is 0. The zero-order chi connectivity index (χ0) is 24.9. The molecule has 0 bridgehead atoms. The zero-order valence-electron chi connectivity index (χ0n) is 14.0. The number of ether oxygens (including phenoxy) is 1. The molecule has 1 aromatic carbocycles. The van der Waals surface area contributed by atoms with Crippen LogP contribution in [0, 0.1) is 0 Å². The number of halogens is 16. The molecule has 0 aliphatic heterocycles. The summed E-state index contributed by atoms with van der Waals surface area (Å²) in [5.74, 6) is -47.4. The average Bonchev–Trinajstić information content (AvgIpc) is 2.59. The van der Waals surface area contributed by atoms with Crippen molar-refractivity contribution in [1.29, 1.82) is 0 Å². The molecule has 1 rings (SSSR count). The molecule has 1 nitrogen and oxygen atoms in total. The van der Waals surface area contributed by atoms with E-state index in [-0.39, 0.29) is 4.47 Å². The van der Waals surface area contributed by atoms with Gasteiger partial charge in [-0.3, -0.25) is 0 Å². The molecule has 0 saturated heterocycles. The molecule has 180 valence electrons. The molecule has 0 N–H and O–H groups in total. The van der Waals surface area contributed by atoms with E-state index in [0.717, 1.165) is 24.3 Å². The van der Waals surface area contributed by atoms with E-state index in [1.807, 2.05) is 0 Å². The number of rotatable bonds is 8. The number of alkyl halides is 15. The average molecular weight is 555 g/mol. The molecular formula is C14H6BrF15O. The van der Waals surface area contributed by atoms with Gasteiger partial charge in [0.2, 0.25) is 0 Å². The predicted octanol–water partition coefficient (Wildman–Crippen LogP) is 7.20. The number of benzene rings is 1. The summed E-state index contributed by atoms with van der Waals surface area (Å²) in [6.07, 6.45) is -7.63. The fourth-order valence-electron chi connectivity index (χ4n) is 1.79. The lowest BCUT2D eigenvalue weighted by Crippen LogP contribution is -2.73. The highest BCUT2D eigenvalue weighted by Crippen LogP contribution is 2.62. The molecule has 0 atom stereocenters. The molecule has 0 spiro atoms. The van der Waals surface area contributed by atoms with Crippen LogP contribution in [0.15, 0.2) is 28.7 Å². The number of hydrogen-bond acceptors (Lipinski definition) is 1. The van der Waals surface area contributed by atoms with Crippen LogP contribution in [0.2, 0.25) is 0 Å². The van der Waals surface area contributed by atoms with Crippen LogP contribution < -0.4 is 4.74 Å². The molecule has 1 aromatic rings. The van der Waals surface area contributed by atoms with E-state index in [4.69, 9.17) is 0 Å². The minimum atomic E-state index is -8.30. The van der Waals surface area contributed by atoms with Gasteiger partial charge in [0.15, 0.2) is 6.61 Å². The highest BCUT2D eigenvalue weighted by Gasteiger charge is 2.93. The first-order valence-electron chi connectivity index (χ1n) is 7.19. The van der Waals surface area contributed by atoms with E-state index in [1.54, 1.807) is 0 Å². The van der Waals surface area contributed by atoms with Gasteiger partial charge in [-0.15, -0.1) is 0 Å². The van der Waals surface area contributed by atoms with Crippen molar-refractivity contribution in [3.63, 3.8) is 0 Å². The van der Waals surface area contributed by atoms with Crippen molar-refractivity contribution in [1.82, 2.24) is 0 Å². The second-order valence-electron chi connectivity index (χ2n) is 5.82. The van der Waals surface area contributed by atoms with Gasteiger partial charge in [0, 0.05) is 4.47 Å². The van der Waals surface area contributed by atoms with Gasteiger partial charge in [0.05, 0.1) is 0 Å². The topological polar surface area (TPSA) is 9.23 Å². The van der Waals surface area contributed by atoms with Gasteiger partial charge in [0.1, 0.15) is 5.75 Å². The van der Waals surface area contributed by atoms with E-state index in [2.05, 4.69) is 20.7 Å². The maximum absolute atomic E-state index is 13.6. The van der Waals surface area contributed by atoms with Crippen LogP contribution in [-0.2, 0) is 0 Å². The van der Waals surface area contributed by atoms with Gasteiger partial charge in [-0.2, -0.15) is 65.9 Å². The summed E-state index contributed by atoms with van der Waals surface area (Å²) in [5.41, 5.74) is 0. The third-order valence-electron chi connectivity index (χ3n) is 3.63. The van der Waals surface area contributed by atoms with Crippen LogP contribution >= 0.6 is 15.9 Å². The first-order chi connectivity index (χ1) is 13.5. The third kappa shape index (κ3) is 4.25. The minimum absolute atomic E-state index is 0.274. The van der Waals surface area contributed by atoms with Crippen LogP contribution in [0.4, 0.5) is 65.9 Å². The molecule has 0 heterocycles. The Balaban J connectivity index is 3.35. The van der Waals surface area contributed by atoms with Crippen molar-refractivity contribution in [3.8, 4) is 5.75 Å². The SMILES string of the molecule is FC(F)(F)C(F)(F)C(F)(F)C(F)(F)C(F)(F)C(F)(F)C(F)(F)COc1ccc(Br)cc1. The van der Waals surface area contributed by atoms with Crippen LogP contribution in [0.1, 0.15) is 0 Å². The van der Waals surface area contributed by atoms with E-state index >= 15 is 0 Å². The Hall–Kier alpha value is -1.55. The van der Waals surface area contributed by atoms with Gasteiger partial charge in [-0.1, -0.05) is 15.9 Å². The van der Waals surface area contributed by atoms with Gasteiger partial charge >= 0.3 is 41.7 Å². The molecule has 0 radical (unpaired) electrons. The van der Waals surface area contributed by atoms with Gasteiger partial charge in [-0.05, 0) is 24.3 Å². The van der Waals surface area contributed by atoms with Gasteiger partial charge in [-0.25, -0.2) is 0 Å². The second kappa shape index (κ2) is 7.79. The molecule has 31 heavy (non-hydrogen) atoms. The fourth-order valence-corrected chi connectivity index (χ4v) is 2.06. The Morgan fingerprint density at radius 1 is 0.548 bits per heavy atom. The van der Waals surface area contributed by atoms with Crippen LogP contribution in [-0.4, -0.2) is 48.3 Å². The standard InChI is InChI=1S/C14H6BrF15O/c15-6-1-3-7(4-2-6)31-5-8(16,17)9(18,19)10(20,21)11(22,23)12(24,25)13(26,27)14(28,29)30/h1-4H,5H2. The Bertz CT molecular complexity index is 769. The van der Waals surface area contributed by atoms with Crippen molar-refractivity contribution in [2.45, 2.75) is 41.7 Å². The Kier molecular flexibility index (Phi) is 6.91. The van der Waals surface area contributed by atoms with E-state index < -0.39 is 54.1 Å². The molecule has 0 amide bonds. The van der Waals surface area contributed by atoms with Crippen molar-refractivity contribution in [2.75, 3.05) is 6.61 Å². The predicted molar refractivity (Wildman–Crippen MR) is 75.4 cm³/mol. The minimum Gasteiger partial charge on any atom is -0.487 e. The smallest absolute Gasteiger partial charge is 0.460 e. The van der Waals surface area contributed by atoms with Gasteiger partial charge < -0.3 is 4.74 Å². The quantitative estimate of drug-likeness (QED) is 0.309. The zero-order valence-corrected chi connectivity index (χ0v) is 15.6. The van der Waals surface area contributed by atoms with E-state index in [1.165, 1.54) is 0 Å². The monoisotopic (exact) mass is 554 g/mol. The second-order valence-corrected chi connectivity index (χ2v) is 6.73. The van der Waals surface area contributed by atoms with Crippen LogP contribution in [0.5, 0.6) is 5.75 Å². The largest absolute Gasteiger partial charge is 0.487 e. The summed E-state index contributed by atoms with van der Waals surface area (Å²) in [5, 5.41) is 0. The Morgan fingerprint density at radius 2 is 0.903 bits per heavy atom. The third-order valence-corrected chi connectivity index (χ3v) is 4.16. The first-order valence-corrected chi connectivity index (χ1v) is 7.98. The van der Waals surface area contributed by atoms with Crippen molar-refractivity contribution >= 4 is 15.9 Å². The first kappa shape index (κ1) is 27.5. The molecule has 0 fully saturated rings. The molecule has 0 aliphatic carbocycles. The summed E-state index contributed by atoms with van der Waals surface area (Å²) in [6, 6.07) is 3.66. The molecule has 17 heteroatoms.